The lowest BCUT2D eigenvalue weighted by Gasteiger charge is -2.28. The third-order valence-corrected chi connectivity index (χ3v) is 3.94. The van der Waals surface area contributed by atoms with E-state index >= 15 is 0 Å². The molecule has 0 bridgehead atoms. The predicted octanol–water partition coefficient (Wildman–Crippen LogP) is 1.83. The summed E-state index contributed by atoms with van der Waals surface area (Å²) in [6.45, 7) is 0.444. The van der Waals surface area contributed by atoms with Crippen molar-refractivity contribution in [2.45, 2.75) is 25.4 Å². The summed E-state index contributed by atoms with van der Waals surface area (Å²) in [5, 5.41) is 3.10. The minimum atomic E-state index is -0.361. The topological polar surface area (TPSA) is 49.4 Å². The van der Waals surface area contributed by atoms with E-state index in [1.54, 1.807) is 6.07 Å². The number of imide groups is 1. The Morgan fingerprint density at radius 3 is 2.89 bits per heavy atom. The molecule has 1 saturated heterocycles. The van der Waals surface area contributed by atoms with Crippen LogP contribution in [0.3, 0.4) is 0 Å². The van der Waals surface area contributed by atoms with Crippen LogP contribution in [0.4, 0.5) is 4.39 Å². The second-order valence-electron chi connectivity index (χ2n) is 4.50. The van der Waals surface area contributed by atoms with Crippen molar-refractivity contribution >= 4 is 27.7 Å². The van der Waals surface area contributed by atoms with Crippen molar-refractivity contribution in [3.05, 3.63) is 34.1 Å². The molecule has 1 aliphatic rings. The maximum absolute atomic E-state index is 13.0. The minimum absolute atomic E-state index is 0.147. The van der Waals surface area contributed by atoms with Crippen LogP contribution >= 0.6 is 15.9 Å². The van der Waals surface area contributed by atoms with E-state index in [1.807, 2.05) is 0 Å². The van der Waals surface area contributed by atoms with E-state index in [9.17, 15) is 14.0 Å². The lowest BCUT2D eigenvalue weighted by atomic mass is 10.0. The Labute approximate surface area is 119 Å². The largest absolute Gasteiger partial charge is 0.302 e. The summed E-state index contributed by atoms with van der Waals surface area (Å²) >= 11 is 3.28. The van der Waals surface area contributed by atoms with Gasteiger partial charge in [-0.1, -0.05) is 22.0 Å². The van der Waals surface area contributed by atoms with Crippen molar-refractivity contribution < 1.29 is 14.0 Å². The first-order valence-corrected chi connectivity index (χ1v) is 6.76. The fourth-order valence-corrected chi connectivity index (χ4v) is 2.49. The van der Waals surface area contributed by atoms with Gasteiger partial charge in [-0.3, -0.25) is 14.5 Å². The maximum atomic E-state index is 13.0. The maximum Gasteiger partial charge on any atom is 0.246 e. The number of piperidine rings is 1. The van der Waals surface area contributed by atoms with Crippen LogP contribution in [0.25, 0.3) is 0 Å². The zero-order valence-electron chi connectivity index (χ0n) is 10.5. The van der Waals surface area contributed by atoms with Crippen molar-refractivity contribution in [2.24, 2.45) is 0 Å². The van der Waals surface area contributed by atoms with E-state index in [1.165, 1.54) is 19.2 Å². The van der Waals surface area contributed by atoms with Crippen molar-refractivity contribution in [1.29, 1.82) is 0 Å². The van der Waals surface area contributed by atoms with Gasteiger partial charge in [0.05, 0.1) is 6.04 Å². The molecule has 19 heavy (non-hydrogen) atoms. The van der Waals surface area contributed by atoms with E-state index < -0.39 is 0 Å². The molecule has 0 aliphatic carbocycles. The number of rotatable bonds is 3. The summed E-state index contributed by atoms with van der Waals surface area (Å²) in [7, 11) is 1.49. The predicted molar refractivity (Wildman–Crippen MR) is 71.7 cm³/mol. The Hall–Kier alpha value is -1.27. The molecule has 0 spiro atoms. The van der Waals surface area contributed by atoms with Crippen LogP contribution in [0, 0.1) is 5.82 Å². The lowest BCUT2D eigenvalue weighted by Crippen LogP contribution is -2.51. The minimum Gasteiger partial charge on any atom is -0.302 e. The first kappa shape index (κ1) is 14.1. The van der Waals surface area contributed by atoms with Gasteiger partial charge in [0.2, 0.25) is 11.8 Å². The smallest absolute Gasteiger partial charge is 0.246 e. The zero-order valence-corrected chi connectivity index (χ0v) is 12.0. The SMILES string of the molecule is CN1C(=O)CCC(NCc2ccc(F)cc2Br)C1=O. The Morgan fingerprint density at radius 1 is 1.47 bits per heavy atom. The molecule has 6 heteroatoms. The number of hydrogen-bond acceptors (Lipinski definition) is 3. The standard InChI is InChI=1S/C13H14BrFN2O2/c1-17-12(18)5-4-11(13(17)19)16-7-8-2-3-9(15)6-10(8)14/h2-3,6,11,16H,4-5,7H2,1H3. The highest BCUT2D eigenvalue weighted by Gasteiger charge is 2.31. The molecule has 102 valence electrons. The number of likely N-dealkylation sites (tertiary alicyclic amines) is 1. The molecule has 1 N–H and O–H groups in total. The highest BCUT2D eigenvalue weighted by Crippen LogP contribution is 2.19. The highest BCUT2D eigenvalue weighted by atomic mass is 79.9. The van der Waals surface area contributed by atoms with Crippen LogP contribution in [0.2, 0.25) is 0 Å². The van der Waals surface area contributed by atoms with Crippen LogP contribution in [0.5, 0.6) is 0 Å². The van der Waals surface area contributed by atoms with Gasteiger partial charge in [-0.15, -0.1) is 0 Å². The van der Waals surface area contributed by atoms with Gasteiger partial charge < -0.3 is 5.32 Å². The molecule has 0 saturated carbocycles. The van der Waals surface area contributed by atoms with Gasteiger partial charge in [0.1, 0.15) is 5.82 Å². The number of nitrogens with one attached hydrogen (secondary N) is 1. The van der Waals surface area contributed by atoms with E-state index in [0.717, 1.165) is 10.5 Å². The quantitative estimate of drug-likeness (QED) is 0.861. The molecule has 1 unspecified atom stereocenters. The number of carbonyl (C=O) groups is 2. The van der Waals surface area contributed by atoms with Crippen LogP contribution < -0.4 is 5.32 Å². The van der Waals surface area contributed by atoms with Crippen LogP contribution in [0.15, 0.2) is 22.7 Å². The molecule has 1 atom stereocenters. The average molecular weight is 329 g/mol. The summed E-state index contributed by atoms with van der Waals surface area (Å²) in [6.07, 6.45) is 0.866. The van der Waals surface area contributed by atoms with Gasteiger partial charge >= 0.3 is 0 Å². The molecule has 1 aliphatic heterocycles. The molecule has 2 rings (SSSR count). The molecule has 1 aromatic carbocycles. The molecule has 2 amide bonds. The summed E-state index contributed by atoms with van der Waals surface area (Å²) in [4.78, 5) is 24.4. The number of hydrogen-bond donors (Lipinski definition) is 1. The van der Waals surface area contributed by atoms with E-state index in [-0.39, 0.29) is 23.7 Å². The van der Waals surface area contributed by atoms with E-state index in [2.05, 4.69) is 21.2 Å². The van der Waals surface area contributed by atoms with Crippen LogP contribution in [0.1, 0.15) is 18.4 Å². The monoisotopic (exact) mass is 328 g/mol. The summed E-state index contributed by atoms with van der Waals surface area (Å²) in [5.41, 5.74) is 0.869. The van der Waals surface area contributed by atoms with Gasteiger partial charge in [-0.05, 0) is 24.1 Å². The number of likely N-dealkylation sites (N-methyl/N-ethyl adjacent to an activating group) is 1. The number of amides is 2. The normalized spacial score (nSPS) is 19.9. The van der Waals surface area contributed by atoms with Gasteiger partial charge in [0.15, 0.2) is 0 Å². The zero-order chi connectivity index (χ0) is 14.0. The second-order valence-corrected chi connectivity index (χ2v) is 5.35. The second kappa shape index (κ2) is 5.79. The van der Waals surface area contributed by atoms with Gasteiger partial charge in [0.25, 0.3) is 0 Å². The number of benzene rings is 1. The molecule has 1 aromatic rings. The Bertz CT molecular complexity index is 521. The third-order valence-electron chi connectivity index (χ3n) is 3.20. The fourth-order valence-electron chi connectivity index (χ4n) is 2.00. The van der Waals surface area contributed by atoms with Crippen molar-refractivity contribution in [2.75, 3.05) is 7.05 Å². The molecule has 0 radical (unpaired) electrons. The van der Waals surface area contributed by atoms with Gasteiger partial charge in [-0.25, -0.2) is 4.39 Å². The Balaban J connectivity index is 1.99. The van der Waals surface area contributed by atoms with Crippen molar-refractivity contribution in [1.82, 2.24) is 10.2 Å². The highest BCUT2D eigenvalue weighted by molar-refractivity contribution is 9.10. The third kappa shape index (κ3) is 3.19. The van der Waals surface area contributed by atoms with Crippen LogP contribution in [-0.4, -0.2) is 29.8 Å². The fraction of sp³-hybridized carbons (Fsp3) is 0.385. The van der Waals surface area contributed by atoms with Gasteiger partial charge in [-0.2, -0.15) is 0 Å². The molecule has 0 aromatic heterocycles. The van der Waals surface area contributed by atoms with Gasteiger partial charge in [0, 0.05) is 24.5 Å². The van der Waals surface area contributed by atoms with E-state index in [0.29, 0.717) is 23.9 Å². The number of nitrogens with zero attached hydrogens (tertiary/aromatic N) is 1. The molecular weight excluding hydrogens is 315 g/mol. The summed E-state index contributed by atoms with van der Waals surface area (Å²) < 4.78 is 13.6. The number of carbonyl (C=O) groups excluding carboxylic acids is 2. The summed E-state index contributed by atoms with van der Waals surface area (Å²) in [5.74, 6) is -0.671. The van der Waals surface area contributed by atoms with Crippen molar-refractivity contribution in [3.8, 4) is 0 Å². The first-order chi connectivity index (χ1) is 8.99. The van der Waals surface area contributed by atoms with Crippen molar-refractivity contribution in [3.63, 3.8) is 0 Å². The van der Waals surface area contributed by atoms with E-state index in [4.69, 9.17) is 0 Å². The molecule has 1 heterocycles. The molecule has 4 nitrogen and oxygen atoms in total. The Morgan fingerprint density at radius 2 is 2.21 bits per heavy atom. The lowest BCUT2D eigenvalue weighted by molar-refractivity contribution is -0.148. The Kier molecular flexibility index (Phi) is 4.31. The number of halogens is 2. The first-order valence-electron chi connectivity index (χ1n) is 5.96. The summed E-state index contributed by atoms with van der Waals surface area (Å²) in [6, 6.07) is 4.06. The molecular formula is C13H14BrFN2O2. The van der Waals surface area contributed by atoms with Crippen LogP contribution in [-0.2, 0) is 16.1 Å². The molecule has 1 fully saturated rings. The average Bonchev–Trinajstić information content (AvgIpc) is 2.37.